The van der Waals surface area contributed by atoms with Crippen LogP contribution in [0, 0.1) is 6.92 Å². The van der Waals surface area contributed by atoms with Gasteiger partial charge in [-0.2, -0.15) is 5.10 Å². The average Bonchev–Trinajstić information content (AvgIpc) is 2.49. The maximum Gasteiger partial charge on any atom is 0.0561 e. The molecule has 3 aromatic rings. The molecule has 2 heteroatoms. The summed E-state index contributed by atoms with van der Waals surface area (Å²) >= 11 is 0. The first-order chi connectivity index (χ1) is 9.83. The number of hydrazone groups is 1. The fraction of sp³-hybridized carbons (Fsp3) is 0.0556. The van der Waals surface area contributed by atoms with Gasteiger partial charge in [0.1, 0.15) is 0 Å². The zero-order valence-electron chi connectivity index (χ0n) is 11.4. The summed E-state index contributed by atoms with van der Waals surface area (Å²) in [5.74, 6) is 0. The molecule has 0 amide bonds. The Bertz CT molecular complexity index is 737. The molecule has 0 aliphatic carbocycles. The predicted molar refractivity (Wildman–Crippen MR) is 86.3 cm³/mol. The topological polar surface area (TPSA) is 24.4 Å². The van der Waals surface area contributed by atoms with E-state index >= 15 is 0 Å². The third-order valence-corrected chi connectivity index (χ3v) is 3.27. The van der Waals surface area contributed by atoms with Crippen LogP contribution in [0.25, 0.3) is 10.8 Å². The number of nitrogens with zero attached hydrogens (tertiary/aromatic N) is 1. The fourth-order valence-corrected chi connectivity index (χ4v) is 2.17. The van der Waals surface area contributed by atoms with Gasteiger partial charge in [0.05, 0.1) is 11.9 Å². The van der Waals surface area contributed by atoms with Crippen LogP contribution in [0.5, 0.6) is 0 Å². The van der Waals surface area contributed by atoms with E-state index in [0.717, 1.165) is 11.3 Å². The highest BCUT2D eigenvalue weighted by Gasteiger charge is 1.96. The van der Waals surface area contributed by atoms with E-state index in [1.165, 1.54) is 16.3 Å². The van der Waals surface area contributed by atoms with Gasteiger partial charge in [-0.1, -0.05) is 60.2 Å². The number of hydrogen-bond acceptors (Lipinski definition) is 2. The number of benzene rings is 3. The lowest BCUT2D eigenvalue weighted by atomic mass is 10.1. The Morgan fingerprint density at radius 2 is 1.60 bits per heavy atom. The smallest absolute Gasteiger partial charge is 0.0561 e. The second-order valence-electron chi connectivity index (χ2n) is 4.80. The van der Waals surface area contributed by atoms with Crippen molar-refractivity contribution in [3.63, 3.8) is 0 Å². The lowest BCUT2D eigenvalue weighted by Gasteiger charge is -2.02. The normalized spacial score (nSPS) is 11.1. The summed E-state index contributed by atoms with van der Waals surface area (Å²) in [6.45, 7) is 2.07. The molecule has 98 valence electrons. The Hall–Kier alpha value is -2.61. The van der Waals surface area contributed by atoms with E-state index in [1.807, 2.05) is 30.5 Å². The lowest BCUT2D eigenvalue weighted by molar-refractivity contribution is 1.34. The van der Waals surface area contributed by atoms with E-state index in [-0.39, 0.29) is 0 Å². The molecule has 1 N–H and O–H groups in total. The van der Waals surface area contributed by atoms with Crippen molar-refractivity contribution in [3.8, 4) is 0 Å². The molecule has 0 fully saturated rings. The molecule has 0 unspecified atom stereocenters. The highest BCUT2D eigenvalue weighted by molar-refractivity contribution is 5.99. The Kier molecular flexibility index (Phi) is 3.46. The molecular weight excluding hydrogens is 244 g/mol. The van der Waals surface area contributed by atoms with Crippen molar-refractivity contribution in [3.05, 3.63) is 77.9 Å². The zero-order chi connectivity index (χ0) is 13.8. The maximum absolute atomic E-state index is 4.32. The van der Waals surface area contributed by atoms with Gasteiger partial charge < -0.3 is 0 Å². The van der Waals surface area contributed by atoms with Crippen LogP contribution < -0.4 is 5.43 Å². The summed E-state index contributed by atoms with van der Waals surface area (Å²) in [5.41, 5.74) is 6.40. The van der Waals surface area contributed by atoms with Gasteiger partial charge in [-0.05, 0) is 29.8 Å². The van der Waals surface area contributed by atoms with E-state index in [4.69, 9.17) is 0 Å². The van der Waals surface area contributed by atoms with Gasteiger partial charge in [-0.15, -0.1) is 0 Å². The molecule has 0 aromatic heterocycles. The van der Waals surface area contributed by atoms with Crippen LogP contribution in [0.4, 0.5) is 5.69 Å². The SMILES string of the molecule is Cc1ccc(N/N=C\c2cccc3ccccc23)cc1. The molecule has 0 radical (unpaired) electrons. The highest BCUT2D eigenvalue weighted by Crippen LogP contribution is 2.17. The second-order valence-corrected chi connectivity index (χ2v) is 4.80. The van der Waals surface area contributed by atoms with Gasteiger partial charge in [0.25, 0.3) is 0 Å². The number of fused-ring (bicyclic) bond motifs is 1. The van der Waals surface area contributed by atoms with Gasteiger partial charge >= 0.3 is 0 Å². The molecule has 0 saturated heterocycles. The Labute approximate surface area is 118 Å². The van der Waals surface area contributed by atoms with Crippen molar-refractivity contribution in [2.75, 3.05) is 5.43 Å². The monoisotopic (exact) mass is 260 g/mol. The number of rotatable bonds is 3. The Balaban J connectivity index is 1.82. The second kappa shape index (κ2) is 5.57. The molecule has 3 rings (SSSR count). The fourth-order valence-electron chi connectivity index (χ4n) is 2.17. The van der Waals surface area contributed by atoms with Crippen molar-refractivity contribution >= 4 is 22.7 Å². The largest absolute Gasteiger partial charge is 0.279 e. The molecule has 0 aliphatic rings. The molecule has 0 bridgehead atoms. The van der Waals surface area contributed by atoms with E-state index < -0.39 is 0 Å². The van der Waals surface area contributed by atoms with Crippen molar-refractivity contribution in [2.24, 2.45) is 5.10 Å². The first-order valence-corrected chi connectivity index (χ1v) is 6.66. The first kappa shape index (κ1) is 12.4. The molecule has 0 spiro atoms. The van der Waals surface area contributed by atoms with E-state index in [9.17, 15) is 0 Å². The minimum absolute atomic E-state index is 0.993. The standard InChI is InChI=1S/C18H16N2/c1-14-9-11-17(12-10-14)20-19-13-16-7-4-6-15-5-2-3-8-18(15)16/h2-13,20H,1H3/b19-13-. The predicted octanol–water partition coefficient (Wildman–Crippen LogP) is 4.59. The van der Waals surface area contributed by atoms with Gasteiger partial charge in [0, 0.05) is 5.56 Å². The van der Waals surface area contributed by atoms with Gasteiger partial charge in [0.2, 0.25) is 0 Å². The summed E-state index contributed by atoms with van der Waals surface area (Å²) in [6, 6.07) is 22.7. The molecular formula is C18H16N2. The molecule has 0 heterocycles. The lowest BCUT2D eigenvalue weighted by Crippen LogP contribution is -1.91. The Morgan fingerprint density at radius 3 is 2.45 bits per heavy atom. The molecule has 0 saturated carbocycles. The van der Waals surface area contributed by atoms with Crippen LogP contribution in [-0.2, 0) is 0 Å². The number of nitrogens with one attached hydrogen (secondary N) is 1. The number of anilines is 1. The summed E-state index contributed by atoms with van der Waals surface area (Å²) in [6.07, 6.45) is 1.86. The third-order valence-electron chi connectivity index (χ3n) is 3.27. The van der Waals surface area contributed by atoms with E-state index in [1.54, 1.807) is 0 Å². The summed E-state index contributed by atoms with van der Waals surface area (Å²) in [4.78, 5) is 0. The van der Waals surface area contributed by atoms with Gasteiger partial charge in [-0.25, -0.2) is 0 Å². The average molecular weight is 260 g/mol. The minimum atomic E-state index is 0.993. The molecule has 0 aliphatic heterocycles. The molecule has 0 atom stereocenters. The van der Waals surface area contributed by atoms with Crippen LogP contribution in [0.15, 0.2) is 71.8 Å². The Morgan fingerprint density at radius 1 is 0.850 bits per heavy atom. The zero-order valence-corrected chi connectivity index (χ0v) is 11.4. The number of aryl methyl sites for hydroxylation is 1. The van der Waals surface area contributed by atoms with E-state index in [2.05, 4.69) is 59.9 Å². The van der Waals surface area contributed by atoms with Crippen LogP contribution in [-0.4, -0.2) is 6.21 Å². The van der Waals surface area contributed by atoms with Crippen molar-refractivity contribution < 1.29 is 0 Å². The molecule has 2 nitrogen and oxygen atoms in total. The molecule has 20 heavy (non-hydrogen) atoms. The minimum Gasteiger partial charge on any atom is -0.279 e. The summed E-state index contributed by atoms with van der Waals surface area (Å²) in [5, 5.41) is 6.76. The first-order valence-electron chi connectivity index (χ1n) is 6.66. The van der Waals surface area contributed by atoms with Crippen molar-refractivity contribution in [1.82, 2.24) is 0 Å². The van der Waals surface area contributed by atoms with Crippen LogP contribution in [0.3, 0.4) is 0 Å². The van der Waals surface area contributed by atoms with E-state index in [0.29, 0.717) is 0 Å². The van der Waals surface area contributed by atoms with Crippen molar-refractivity contribution in [2.45, 2.75) is 6.92 Å². The highest BCUT2D eigenvalue weighted by atomic mass is 15.3. The van der Waals surface area contributed by atoms with Crippen LogP contribution >= 0.6 is 0 Å². The summed E-state index contributed by atoms with van der Waals surface area (Å²) < 4.78 is 0. The summed E-state index contributed by atoms with van der Waals surface area (Å²) in [7, 11) is 0. The van der Waals surface area contributed by atoms with Crippen LogP contribution in [0.2, 0.25) is 0 Å². The number of hydrogen-bond donors (Lipinski definition) is 1. The quantitative estimate of drug-likeness (QED) is 0.540. The van der Waals surface area contributed by atoms with Crippen LogP contribution in [0.1, 0.15) is 11.1 Å². The maximum atomic E-state index is 4.32. The van der Waals surface area contributed by atoms with Gasteiger partial charge in [0.15, 0.2) is 0 Å². The molecule has 3 aromatic carbocycles. The van der Waals surface area contributed by atoms with Crippen molar-refractivity contribution in [1.29, 1.82) is 0 Å². The third kappa shape index (κ3) is 2.69. The van der Waals surface area contributed by atoms with Gasteiger partial charge in [-0.3, -0.25) is 5.43 Å².